The van der Waals surface area contributed by atoms with Gasteiger partial charge in [0.25, 0.3) is 0 Å². The number of aryl methyl sites for hydroxylation is 1. The van der Waals surface area contributed by atoms with E-state index < -0.39 is 0 Å². The van der Waals surface area contributed by atoms with Crippen LogP contribution in [0.5, 0.6) is 0 Å². The molecule has 1 aromatic rings. The Kier molecular flexibility index (Phi) is 5.87. The molecule has 106 valence electrons. The van der Waals surface area contributed by atoms with Gasteiger partial charge < -0.3 is 10.1 Å². The molecule has 1 N–H and O–H groups in total. The van der Waals surface area contributed by atoms with Gasteiger partial charge in [0, 0.05) is 12.6 Å². The number of rotatable bonds is 7. The second-order valence-corrected chi connectivity index (χ2v) is 5.50. The van der Waals surface area contributed by atoms with Gasteiger partial charge in [-0.3, -0.25) is 0 Å². The molecule has 2 nitrogen and oxygen atoms in total. The topological polar surface area (TPSA) is 21.3 Å². The van der Waals surface area contributed by atoms with Crippen molar-refractivity contribution >= 4 is 0 Å². The molecule has 0 bridgehead atoms. The maximum absolute atomic E-state index is 5.68. The van der Waals surface area contributed by atoms with E-state index in [0.717, 1.165) is 13.0 Å². The second-order valence-electron chi connectivity index (χ2n) is 5.50. The van der Waals surface area contributed by atoms with Gasteiger partial charge in [-0.05, 0) is 56.7 Å². The van der Waals surface area contributed by atoms with E-state index in [2.05, 4.69) is 43.6 Å². The first-order valence-electron chi connectivity index (χ1n) is 7.71. The molecular formula is C17H27NO. The van der Waals surface area contributed by atoms with Gasteiger partial charge in [0.05, 0.1) is 6.10 Å². The highest BCUT2D eigenvalue weighted by molar-refractivity contribution is 5.25. The Morgan fingerprint density at radius 3 is 2.68 bits per heavy atom. The summed E-state index contributed by atoms with van der Waals surface area (Å²) >= 11 is 0. The van der Waals surface area contributed by atoms with Crippen LogP contribution < -0.4 is 5.32 Å². The van der Waals surface area contributed by atoms with E-state index in [1.54, 1.807) is 0 Å². The maximum Gasteiger partial charge on any atom is 0.0576 e. The molecule has 1 aromatic carbocycles. The average Bonchev–Trinajstić information content (AvgIpc) is 2.97. The molecule has 0 aliphatic carbocycles. The van der Waals surface area contributed by atoms with Crippen molar-refractivity contribution in [2.45, 2.75) is 57.6 Å². The molecule has 1 saturated heterocycles. The monoisotopic (exact) mass is 261 g/mol. The van der Waals surface area contributed by atoms with Crippen molar-refractivity contribution in [1.29, 1.82) is 0 Å². The first kappa shape index (κ1) is 14.5. The highest BCUT2D eigenvalue weighted by Crippen LogP contribution is 2.23. The molecule has 1 heterocycles. The van der Waals surface area contributed by atoms with Gasteiger partial charge >= 0.3 is 0 Å². The van der Waals surface area contributed by atoms with Crippen molar-refractivity contribution < 1.29 is 4.74 Å². The van der Waals surface area contributed by atoms with Crippen LogP contribution in [0.25, 0.3) is 0 Å². The van der Waals surface area contributed by atoms with E-state index in [-0.39, 0.29) is 0 Å². The van der Waals surface area contributed by atoms with Crippen LogP contribution in [0.1, 0.15) is 56.2 Å². The number of benzene rings is 1. The van der Waals surface area contributed by atoms with Gasteiger partial charge in [0.15, 0.2) is 0 Å². The van der Waals surface area contributed by atoms with Gasteiger partial charge in [-0.1, -0.05) is 31.2 Å². The zero-order valence-corrected chi connectivity index (χ0v) is 12.3. The number of hydrogen-bond donors (Lipinski definition) is 1. The highest BCUT2D eigenvalue weighted by Gasteiger charge is 2.16. The SMILES string of the molecule is CCc1ccc(C(CCCC2CCCO2)NC)cc1. The normalized spacial score (nSPS) is 20.6. The van der Waals surface area contributed by atoms with Crippen LogP contribution in [0, 0.1) is 0 Å². The Bertz CT molecular complexity index is 354. The van der Waals surface area contributed by atoms with Crippen LogP contribution in [-0.4, -0.2) is 19.8 Å². The average molecular weight is 261 g/mol. The van der Waals surface area contributed by atoms with E-state index in [1.165, 1.54) is 43.2 Å². The second kappa shape index (κ2) is 7.66. The van der Waals surface area contributed by atoms with E-state index in [1.807, 2.05) is 0 Å². The van der Waals surface area contributed by atoms with Crippen LogP contribution in [0.15, 0.2) is 24.3 Å². The predicted molar refractivity (Wildman–Crippen MR) is 80.4 cm³/mol. The quantitative estimate of drug-likeness (QED) is 0.804. The van der Waals surface area contributed by atoms with Crippen molar-refractivity contribution in [2.24, 2.45) is 0 Å². The summed E-state index contributed by atoms with van der Waals surface area (Å²) in [6.07, 6.45) is 7.80. The molecule has 2 atom stereocenters. The lowest BCUT2D eigenvalue weighted by Crippen LogP contribution is -2.17. The van der Waals surface area contributed by atoms with Crippen molar-refractivity contribution in [3.8, 4) is 0 Å². The molecule has 0 amide bonds. The summed E-state index contributed by atoms with van der Waals surface area (Å²) in [4.78, 5) is 0. The van der Waals surface area contributed by atoms with Crippen LogP contribution in [0.3, 0.4) is 0 Å². The van der Waals surface area contributed by atoms with Crippen LogP contribution >= 0.6 is 0 Å². The predicted octanol–water partition coefficient (Wildman–Crippen LogP) is 3.86. The van der Waals surface area contributed by atoms with Crippen molar-refractivity contribution in [3.05, 3.63) is 35.4 Å². The Hall–Kier alpha value is -0.860. The third kappa shape index (κ3) is 4.32. The fourth-order valence-electron chi connectivity index (χ4n) is 2.88. The van der Waals surface area contributed by atoms with Crippen molar-refractivity contribution in [1.82, 2.24) is 5.32 Å². The molecule has 2 heteroatoms. The lowest BCUT2D eigenvalue weighted by molar-refractivity contribution is 0.101. The van der Waals surface area contributed by atoms with E-state index in [0.29, 0.717) is 12.1 Å². The van der Waals surface area contributed by atoms with Crippen LogP contribution in [0.2, 0.25) is 0 Å². The summed E-state index contributed by atoms with van der Waals surface area (Å²) in [7, 11) is 2.06. The van der Waals surface area contributed by atoms with Crippen molar-refractivity contribution in [3.63, 3.8) is 0 Å². The molecule has 2 unspecified atom stereocenters. The molecule has 2 rings (SSSR count). The molecule has 1 fully saturated rings. The number of hydrogen-bond acceptors (Lipinski definition) is 2. The van der Waals surface area contributed by atoms with E-state index >= 15 is 0 Å². The fourth-order valence-corrected chi connectivity index (χ4v) is 2.88. The molecule has 0 radical (unpaired) electrons. The zero-order valence-electron chi connectivity index (χ0n) is 12.3. The van der Waals surface area contributed by atoms with Crippen molar-refractivity contribution in [2.75, 3.05) is 13.7 Å². The molecule has 0 saturated carbocycles. The standard InChI is InChI=1S/C17H27NO/c1-3-14-9-11-15(12-10-14)17(18-2)8-4-6-16-7-5-13-19-16/h9-12,16-18H,3-8,13H2,1-2H3. The lowest BCUT2D eigenvalue weighted by atomic mass is 9.98. The van der Waals surface area contributed by atoms with Gasteiger partial charge in [-0.25, -0.2) is 0 Å². The van der Waals surface area contributed by atoms with E-state index in [9.17, 15) is 0 Å². The number of ether oxygens (including phenoxy) is 1. The Labute approximate surface area is 117 Å². The van der Waals surface area contributed by atoms with Gasteiger partial charge in [-0.2, -0.15) is 0 Å². The summed E-state index contributed by atoms with van der Waals surface area (Å²) in [6.45, 7) is 3.17. The Balaban J connectivity index is 1.80. The zero-order chi connectivity index (χ0) is 13.5. The lowest BCUT2D eigenvalue weighted by Gasteiger charge is -2.18. The highest BCUT2D eigenvalue weighted by atomic mass is 16.5. The molecule has 19 heavy (non-hydrogen) atoms. The van der Waals surface area contributed by atoms with Crippen LogP contribution in [-0.2, 0) is 11.2 Å². The summed E-state index contributed by atoms with van der Waals surface area (Å²) in [5, 5.41) is 3.44. The molecule has 0 aromatic heterocycles. The van der Waals surface area contributed by atoms with Gasteiger partial charge in [-0.15, -0.1) is 0 Å². The summed E-state index contributed by atoms with van der Waals surface area (Å²) in [6, 6.07) is 9.52. The third-order valence-electron chi connectivity index (χ3n) is 4.18. The van der Waals surface area contributed by atoms with E-state index in [4.69, 9.17) is 4.74 Å². The largest absolute Gasteiger partial charge is 0.378 e. The molecule has 0 spiro atoms. The minimum Gasteiger partial charge on any atom is -0.378 e. The molecule has 1 aliphatic heterocycles. The van der Waals surface area contributed by atoms with Gasteiger partial charge in [0.2, 0.25) is 0 Å². The smallest absolute Gasteiger partial charge is 0.0576 e. The Morgan fingerprint density at radius 2 is 2.11 bits per heavy atom. The minimum absolute atomic E-state index is 0.479. The molecular weight excluding hydrogens is 234 g/mol. The van der Waals surface area contributed by atoms with Gasteiger partial charge in [0.1, 0.15) is 0 Å². The fraction of sp³-hybridized carbons (Fsp3) is 0.647. The van der Waals surface area contributed by atoms with Crippen LogP contribution in [0.4, 0.5) is 0 Å². The number of nitrogens with one attached hydrogen (secondary N) is 1. The first-order chi connectivity index (χ1) is 9.33. The Morgan fingerprint density at radius 1 is 1.32 bits per heavy atom. The maximum atomic E-state index is 5.68. The third-order valence-corrected chi connectivity index (χ3v) is 4.18. The summed E-state index contributed by atoms with van der Waals surface area (Å²) < 4.78 is 5.68. The summed E-state index contributed by atoms with van der Waals surface area (Å²) in [5.74, 6) is 0. The summed E-state index contributed by atoms with van der Waals surface area (Å²) in [5.41, 5.74) is 2.82. The minimum atomic E-state index is 0.479. The first-order valence-corrected chi connectivity index (χ1v) is 7.71. The molecule has 1 aliphatic rings.